The Morgan fingerprint density at radius 2 is 2.12 bits per heavy atom. The van der Waals surface area contributed by atoms with Crippen molar-refractivity contribution in [3.05, 3.63) is 29.0 Å². The number of rotatable bonds is 6. The van der Waals surface area contributed by atoms with Gasteiger partial charge in [-0.1, -0.05) is 5.16 Å². The maximum atomic E-state index is 11.9. The highest BCUT2D eigenvalue weighted by Crippen LogP contribution is 2.09. The standard InChI is InChI=1S/C14H17N7O3/c1-8-6-9(2)21-14(16-8)17-11(18-21)7-12(22)15-4-5-23-13-10(3)19-24-20-13/h6H,4-5,7H2,1-3H3,(H,15,22). The van der Waals surface area contributed by atoms with Crippen LogP contribution in [0.3, 0.4) is 0 Å². The zero-order chi connectivity index (χ0) is 17.1. The van der Waals surface area contributed by atoms with Gasteiger partial charge in [-0.15, -0.1) is 5.10 Å². The van der Waals surface area contributed by atoms with Gasteiger partial charge in [0.2, 0.25) is 5.91 Å². The molecule has 0 saturated carbocycles. The van der Waals surface area contributed by atoms with Gasteiger partial charge in [0.25, 0.3) is 11.7 Å². The highest BCUT2D eigenvalue weighted by atomic mass is 16.6. The van der Waals surface area contributed by atoms with E-state index in [1.54, 1.807) is 11.4 Å². The summed E-state index contributed by atoms with van der Waals surface area (Å²) < 4.78 is 11.5. The highest BCUT2D eigenvalue weighted by molar-refractivity contribution is 5.77. The number of fused-ring (bicyclic) bond motifs is 1. The second kappa shape index (κ2) is 6.60. The summed E-state index contributed by atoms with van der Waals surface area (Å²) in [7, 11) is 0. The van der Waals surface area contributed by atoms with Crippen molar-refractivity contribution in [2.45, 2.75) is 27.2 Å². The average molecular weight is 331 g/mol. The minimum Gasteiger partial charge on any atom is -0.472 e. The fourth-order valence-electron chi connectivity index (χ4n) is 2.18. The molecule has 126 valence electrons. The van der Waals surface area contributed by atoms with Gasteiger partial charge in [-0.3, -0.25) is 4.79 Å². The number of carbonyl (C=O) groups is 1. The normalized spacial score (nSPS) is 11.0. The molecule has 0 aliphatic carbocycles. The number of carbonyl (C=O) groups excluding carboxylic acids is 1. The Labute approximate surface area is 137 Å². The summed E-state index contributed by atoms with van der Waals surface area (Å²) in [6, 6.07) is 1.91. The van der Waals surface area contributed by atoms with E-state index in [1.165, 1.54) is 0 Å². The molecule has 0 bridgehead atoms. The van der Waals surface area contributed by atoms with Gasteiger partial charge in [-0.25, -0.2) is 14.1 Å². The zero-order valence-electron chi connectivity index (χ0n) is 13.6. The van der Waals surface area contributed by atoms with Gasteiger partial charge in [0, 0.05) is 11.4 Å². The third kappa shape index (κ3) is 3.47. The Morgan fingerprint density at radius 1 is 1.29 bits per heavy atom. The summed E-state index contributed by atoms with van der Waals surface area (Å²) in [4.78, 5) is 20.5. The van der Waals surface area contributed by atoms with E-state index in [2.05, 4.69) is 35.3 Å². The van der Waals surface area contributed by atoms with Gasteiger partial charge < -0.3 is 10.1 Å². The van der Waals surface area contributed by atoms with Crippen LogP contribution in [-0.2, 0) is 11.2 Å². The van der Waals surface area contributed by atoms with Crippen molar-refractivity contribution in [1.29, 1.82) is 0 Å². The molecule has 0 aliphatic heterocycles. The maximum absolute atomic E-state index is 11.9. The lowest BCUT2D eigenvalue weighted by atomic mass is 10.4. The van der Waals surface area contributed by atoms with Gasteiger partial charge in [-0.05, 0) is 32.0 Å². The van der Waals surface area contributed by atoms with Crippen LogP contribution in [0.5, 0.6) is 5.88 Å². The van der Waals surface area contributed by atoms with Gasteiger partial charge >= 0.3 is 0 Å². The number of amides is 1. The molecule has 0 fully saturated rings. The lowest BCUT2D eigenvalue weighted by molar-refractivity contribution is -0.120. The predicted octanol–water partition coefficient (Wildman–Crippen LogP) is 0.170. The number of aryl methyl sites for hydroxylation is 3. The molecule has 10 nitrogen and oxygen atoms in total. The summed E-state index contributed by atoms with van der Waals surface area (Å²) >= 11 is 0. The number of nitrogens with one attached hydrogen (secondary N) is 1. The van der Waals surface area contributed by atoms with Crippen LogP contribution >= 0.6 is 0 Å². The molecule has 1 N–H and O–H groups in total. The van der Waals surface area contributed by atoms with Crippen LogP contribution in [0, 0.1) is 20.8 Å². The molecule has 0 atom stereocenters. The van der Waals surface area contributed by atoms with Crippen LogP contribution < -0.4 is 10.1 Å². The van der Waals surface area contributed by atoms with Crippen LogP contribution in [0.15, 0.2) is 10.7 Å². The SMILES string of the molecule is Cc1cc(C)n2nc(CC(=O)NCCOc3nonc3C)nc2n1. The molecule has 1 amide bonds. The monoisotopic (exact) mass is 331 g/mol. The second-order valence-electron chi connectivity index (χ2n) is 5.31. The number of nitrogens with zero attached hydrogens (tertiary/aromatic N) is 6. The first-order chi connectivity index (χ1) is 11.5. The van der Waals surface area contributed by atoms with E-state index in [4.69, 9.17) is 4.74 Å². The molecule has 3 heterocycles. The van der Waals surface area contributed by atoms with Crippen molar-refractivity contribution in [1.82, 2.24) is 35.2 Å². The van der Waals surface area contributed by atoms with E-state index in [0.717, 1.165) is 11.4 Å². The summed E-state index contributed by atoms with van der Waals surface area (Å²) in [5.74, 6) is 1.04. The number of aromatic nitrogens is 6. The zero-order valence-corrected chi connectivity index (χ0v) is 13.6. The van der Waals surface area contributed by atoms with Crippen LogP contribution in [-0.4, -0.2) is 49.0 Å². The fraction of sp³-hybridized carbons (Fsp3) is 0.429. The topological polar surface area (TPSA) is 120 Å². The van der Waals surface area contributed by atoms with E-state index in [-0.39, 0.29) is 18.9 Å². The van der Waals surface area contributed by atoms with Crippen LogP contribution in [0.2, 0.25) is 0 Å². The minimum atomic E-state index is -0.195. The van der Waals surface area contributed by atoms with Crippen molar-refractivity contribution in [3.8, 4) is 5.88 Å². The molecule has 3 aromatic rings. The fourth-order valence-corrected chi connectivity index (χ4v) is 2.18. The molecular weight excluding hydrogens is 314 g/mol. The average Bonchev–Trinajstić information content (AvgIpc) is 3.10. The quantitative estimate of drug-likeness (QED) is 0.635. The predicted molar refractivity (Wildman–Crippen MR) is 81.5 cm³/mol. The molecule has 0 spiro atoms. The summed E-state index contributed by atoms with van der Waals surface area (Å²) in [5.41, 5.74) is 2.34. The Hall–Kier alpha value is -3.04. The largest absolute Gasteiger partial charge is 0.472 e. The molecular formula is C14H17N7O3. The Kier molecular flexibility index (Phi) is 4.36. The van der Waals surface area contributed by atoms with Gasteiger partial charge in [-0.2, -0.15) is 4.98 Å². The maximum Gasteiger partial charge on any atom is 0.278 e. The number of ether oxygens (including phenoxy) is 1. The first-order valence-corrected chi connectivity index (χ1v) is 7.41. The first kappa shape index (κ1) is 15.8. The summed E-state index contributed by atoms with van der Waals surface area (Å²) in [6.45, 7) is 6.11. The van der Waals surface area contributed by atoms with Gasteiger partial charge in [0.15, 0.2) is 5.82 Å². The van der Waals surface area contributed by atoms with E-state index in [9.17, 15) is 4.79 Å². The Bertz CT molecular complexity index is 871. The lowest BCUT2D eigenvalue weighted by Crippen LogP contribution is -2.29. The van der Waals surface area contributed by atoms with Crippen LogP contribution in [0.1, 0.15) is 22.9 Å². The van der Waals surface area contributed by atoms with E-state index in [1.807, 2.05) is 19.9 Å². The first-order valence-electron chi connectivity index (χ1n) is 7.41. The van der Waals surface area contributed by atoms with E-state index < -0.39 is 0 Å². The van der Waals surface area contributed by atoms with E-state index in [0.29, 0.717) is 29.7 Å². The lowest BCUT2D eigenvalue weighted by Gasteiger charge is -2.04. The summed E-state index contributed by atoms with van der Waals surface area (Å²) in [6.07, 6.45) is 0.0758. The molecule has 3 rings (SSSR count). The minimum absolute atomic E-state index is 0.0758. The van der Waals surface area contributed by atoms with Crippen molar-refractivity contribution >= 4 is 11.7 Å². The molecule has 24 heavy (non-hydrogen) atoms. The number of hydrogen-bond donors (Lipinski definition) is 1. The van der Waals surface area contributed by atoms with Crippen molar-refractivity contribution in [3.63, 3.8) is 0 Å². The molecule has 3 aromatic heterocycles. The van der Waals surface area contributed by atoms with Gasteiger partial charge in [0.1, 0.15) is 12.3 Å². The molecule has 0 radical (unpaired) electrons. The number of hydrogen-bond acceptors (Lipinski definition) is 8. The van der Waals surface area contributed by atoms with Crippen molar-refractivity contribution in [2.75, 3.05) is 13.2 Å². The smallest absolute Gasteiger partial charge is 0.278 e. The van der Waals surface area contributed by atoms with E-state index >= 15 is 0 Å². The molecule has 0 aromatic carbocycles. The highest BCUT2D eigenvalue weighted by Gasteiger charge is 2.12. The van der Waals surface area contributed by atoms with Crippen LogP contribution in [0.25, 0.3) is 5.78 Å². The molecule has 0 saturated heterocycles. The van der Waals surface area contributed by atoms with Gasteiger partial charge in [0.05, 0.1) is 13.0 Å². The Morgan fingerprint density at radius 3 is 2.88 bits per heavy atom. The molecule has 0 aliphatic rings. The third-order valence-corrected chi connectivity index (χ3v) is 3.25. The van der Waals surface area contributed by atoms with Crippen LogP contribution in [0.4, 0.5) is 0 Å². The Balaban J connectivity index is 1.51. The van der Waals surface area contributed by atoms with Crippen molar-refractivity contribution in [2.24, 2.45) is 0 Å². The molecule has 0 unspecified atom stereocenters. The third-order valence-electron chi connectivity index (χ3n) is 3.25. The molecule has 10 heteroatoms. The summed E-state index contributed by atoms with van der Waals surface area (Å²) in [5, 5.41) is 14.2. The van der Waals surface area contributed by atoms with Crippen molar-refractivity contribution < 1.29 is 14.2 Å². The second-order valence-corrected chi connectivity index (χ2v) is 5.31.